The smallest absolute Gasteiger partial charge is 0.349 e. The third kappa shape index (κ3) is 2.82. The molecular formula is C9H18O3SSi. The van der Waals surface area contributed by atoms with Gasteiger partial charge in [-0.2, -0.15) is 0 Å². The Morgan fingerprint density at radius 2 is 2.36 bits per heavy atom. The van der Waals surface area contributed by atoms with Crippen LogP contribution in [0, 0.1) is 0 Å². The molecule has 0 aliphatic carbocycles. The van der Waals surface area contributed by atoms with Gasteiger partial charge in [-0.05, 0) is 19.9 Å². The Kier molecular flexibility index (Phi) is 4.18. The van der Waals surface area contributed by atoms with Crippen LogP contribution in [0.5, 0.6) is 0 Å². The SMILES string of the molecule is CCC(SC(C)=O)[Si]1(C)OCC(C)O1. The first-order valence-corrected chi connectivity index (χ1v) is 8.24. The summed E-state index contributed by atoms with van der Waals surface area (Å²) in [5, 5.41) is 0.150. The number of carbonyl (C=O) groups excluding carboxylic acids is 1. The second-order valence-corrected chi connectivity index (χ2v) is 8.81. The summed E-state index contributed by atoms with van der Waals surface area (Å²) in [6.45, 7) is 8.43. The third-order valence-electron chi connectivity index (χ3n) is 2.30. The number of carbonyl (C=O) groups is 1. The predicted octanol–water partition coefficient (Wildman–Crippen LogP) is 2.09. The lowest BCUT2D eigenvalue weighted by atomic mass is 10.5. The van der Waals surface area contributed by atoms with E-state index in [-0.39, 0.29) is 16.1 Å². The first-order valence-electron chi connectivity index (χ1n) is 4.97. The molecule has 1 saturated heterocycles. The lowest BCUT2D eigenvalue weighted by Crippen LogP contribution is -2.45. The van der Waals surface area contributed by atoms with E-state index in [1.165, 1.54) is 11.8 Å². The maximum atomic E-state index is 11.1. The molecule has 1 aliphatic rings. The van der Waals surface area contributed by atoms with Crippen molar-refractivity contribution in [2.24, 2.45) is 0 Å². The molecule has 0 saturated carbocycles. The summed E-state index contributed by atoms with van der Waals surface area (Å²) in [4.78, 5) is 11.3. The Labute approximate surface area is 90.8 Å². The highest BCUT2D eigenvalue weighted by Gasteiger charge is 2.47. The Hall–Kier alpha value is 0.157. The monoisotopic (exact) mass is 234 g/mol. The van der Waals surface area contributed by atoms with E-state index in [1.807, 2.05) is 6.92 Å². The molecule has 0 aromatic rings. The topological polar surface area (TPSA) is 35.5 Å². The van der Waals surface area contributed by atoms with Gasteiger partial charge in [0.25, 0.3) is 0 Å². The molecule has 1 rings (SSSR count). The molecule has 3 unspecified atom stereocenters. The number of thioether (sulfide) groups is 1. The van der Waals surface area contributed by atoms with Crippen LogP contribution in [0.1, 0.15) is 27.2 Å². The minimum Gasteiger partial charge on any atom is -0.391 e. The van der Waals surface area contributed by atoms with Crippen molar-refractivity contribution >= 4 is 25.4 Å². The Morgan fingerprint density at radius 3 is 2.71 bits per heavy atom. The van der Waals surface area contributed by atoms with Gasteiger partial charge < -0.3 is 8.85 Å². The zero-order valence-corrected chi connectivity index (χ0v) is 11.0. The highest BCUT2D eigenvalue weighted by molar-refractivity contribution is 8.15. The second kappa shape index (κ2) is 4.79. The van der Waals surface area contributed by atoms with Gasteiger partial charge in [-0.3, -0.25) is 4.79 Å². The van der Waals surface area contributed by atoms with Crippen LogP contribution in [0.25, 0.3) is 0 Å². The molecule has 3 nitrogen and oxygen atoms in total. The van der Waals surface area contributed by atoms with Gasteiger partial charge in [-0.1, -0.05) is 18.7 Å². The van der Waals surface area contributed by atoms with Crippen LogP contribution in [0.4, 0.5) is 0 Å². The molecular weight excluding hydrogens is 216 g/mol. The Balaban J connectivity index is 2.63. The van der Waals surface area contributed by atoms with E-state index in [0.29, 0.717) is 6.61 Å². The maximum Gasteiger partial charge on any atom is 0.349 e. The second-order valence-electron chi connectivity index (χ2n) is 3.76. The van der Waals surface area contributed by atoms with Gasteiger partial charge in [0.15, 0.2) is 5.12 Å². The van der Waals surface area contributed by atoms with Crippen molar-refractivity contribution < 1.29 is 13.6 Å². The van der Waals surface area contributed by atoms with Crippen molar-refractivity contribution in [1.82, 2.24) is 0 Å². The number of hydrogen-bond donors (Lipinski definition) is 0. The first kappa shape index (κ1) is 12.2. The fraction of sp³-hybridized carbons (Fsp3) is 0.889. The average Bonchev–Trinajstić information content (AvgIpc) is 2.43. The van der Waals surface area contributed by atoms with E-state index in [9.17, 15) is 4.79 Å². The fourth-order valence-corrected chi connectivity index (χ4v) is 6.55. The molecule has 0 radical (unpaired) electrons. The summed E-state index contributed by atoms with van der Waals surface area (Å²) in [7, 11) is -2.10. The molecule has 3 atom stereocenters. The molecule has 0 spiro atoms. The lowest BCUT2D eigenvalue weighted by molar-refractivity contribution is -0.109. The van der Waals surface area contributed by atoms with E-state index >= 15 is 0 Å². The van der Waals surface area contributed by atoms with Gasteiger partial charge in [-0.15, -0.1) is 0 Å². The van der Waals surface area contributed by atoms with Crippen molar-refractivity contribution in [1.29, 1.82) is 0 Å². The molecule has 1 aliphatic heterocycles. The van der Waals surface area contributed by atoms with E-state index < -0.39 is 8.56 Å². The highest BCUT2D eigenvalue weighted by atomic mass is 32.2. The summed E-state index contributed by atoms with van der Waals surface area (Å²) in [6.07, 6.45) is 1.12. The quantitative estimate of drug-likeness (QED) is 0.701. The van der Waals surface area contributed by atoms with Crippen LogP contribution in [-0.4, -0.2) is 31.3 Å². The van der Waals surface area contributed by atoms with Gasteiger partial charge >= 0.3 is 8.56 Å². The van der Waals surface area contributed by atoms with Crippen LogP contribution in [0.2, 0.25) is 6.55 Å². The van der Waals surface area contributed by atoms with Gasteiger partial charge in [0, 0.05) is 6.92 Å². The molecule has 14 heavy (non-hydrogen) atoms. The Morgan fingerprint density at radius 1 is 1.71 bits per heavy atom. The van der Waals surface area contributed by atoms with E-state index in [1.54, 1.807) is 6.92 Å². The maximum absolute atomic E-state index is 11.1. The molecule has 0 bridgehead atoms. The third-order valence-corrected chi connectivity index (χ3v) is 8.08. The van der Waals surface area contributed by atoms with Crippen LogP contribution in [-0.2, 0) is 13.6 Å². The summed E-state index contributed by atoms with van der Waals surface area (Å²) < 4.78 is 11.6. The van der Waals surface area contributed by atoms with Gasteiger partial charge in [0.2, 0.25) is 0 Å². The van der Waals surface area contributed by atoms with Gasteiger partial charge in [0.05, 0.1) is 17.6 Å². The largest absolute Gasteiger partial charge is 0.391 e. The van der Waals surface area contributed by atoms with Crippen LogP contribution in [0.15, 0.2) is 0 Å². The zero-order chi connectivity index (χ0) is 10.8. The average molecular weight is 234 g/mol. The van der Waals surface area contributed by atoms with E-state index in [4.69, 9.17) is 8.85 Å². The van der Waals surface area contributed by atoms with E-state index in [2.05, 4.69) is 13.5 Å². The molecule has 0 aromatic carbocycles. The number of hydrogen-bond acceptors (Lipinski definition) is 4. The van der Waals surface area contributed by atoms with Crippen LogP contribution < -0.4 is 0 Å². The standard InChI is InChI=1S/C9H18O3SSi/c1-5-9(13-8(3)10)14(4)11-6-7(2)12-14/h7,9H,5-6H2,1-4H3. The summed E-state index contributed by atoms with van der Waals surface area (Å²) in [6, 6.07) is 0. The minimum atomic E-state index is -2.10. The fourth-order valence-electron chi connectivity index (χ4n) is 1.68. The van der Waals surface area contributed by atoms with Crippen molar-refractivity contribution in [3.8, 4) is 0 Å². The molecule has 82 valence electrons. The molecule has 1 fully saturated rings. The molecule has 0 amide bonds. The highest BCUT2D eigenvalue weighted by Crippen LogP contribution is 2.32. The first-order chi connectivity index (χ1) is 6.48. The molecule has 0 N–H and O–H groups in total. The van der Waals surface area contributed by atoms with Crippen LogP contribution >= 0.6 is 11.8 Å². The number of rotatable bonds is 3. The van der Waals surface area contributed by atoms with Crippen molar-refractivity contribution in [3.05, 3.63) is 0 Å². The lowest BCUT2D eigenvalue weighted by Gasteiger charge is -2.27. The predicted molar refractivity (Wildman–Crippen MR) is 60.5 cm³/mol. The molecule has 1 heterocycles. The van der Waals surface area contributed by atoms with Crippen LogP contribution in [0.3, 0.4) is 0 Å². The van der Waals surface area contributed by atoms with Crippen molar-refractivity contribution in [2.75, 3.05) is 6.61 Å². The zero-order valence-electron chi connectivity index (χ0n) is 9.20. The summed E-state index contributed by atoms with van der Waals surface area (Å²) in [5.74, 6) is 0. The van der Waals surface area contributed by atoms with Gasteiger partial charge in [0.1, 0.15) is 0 Å². The van der Waals surface area contributed by atoms with Crippen molar-refractivity contribution in [3.63, 3.8) is 0 Å². The normalized spacial score (nSPS) is 34.4. The van der Waals surface area contributed by atoms with Crippen molar-refractivity contribution in [2.45, 2.75) is 44.7 Å². The summed E-state index contributed by atoms with van der Waals surface area (Å²) >= 11 is 1.37. The minimum absolute atomic E-state index is 0.150. The summed E-state index contributed by atoms with van der Waals surface area (Å²) in [5.41, 5.74) is 0. The Bertz CT molecular complexity index is 224. The van der Waals surface area contributed by atoms with E-state index in [0.717, 1.165) is 6.42 Å². The van der Waals surface area contributed by atoms with Gasteiger partial charge in [-0.25, -0.2) is 0 Å². The molecule has 0 aromatic heterocycles. The molecule has 5 heteroatoms.